The van der Waals surface area contributed by atoms with Crippen LogP contribution >= 0.6 is 0 Å². The number of nitriles is 1. The molecule has 0 aliphatic rings. The summed E-state index contributed by atoms with van der Waals surface area (Å²) in [4.78, 5) is 0. The lowest BCUT2D eigenvalue weighted by molar-refractivity contribution is 0.502. The molecule has 0 spiro atoms. The second kappa shape index (κ2) is 3.35. The van der Waals surface area contributed by atoms with Gasteiger partial charge in [-0.05, 0) is 11.6 Å². The van der Waals surface area contributed by atoms with E-state index >= 15 is 0 Å². The summed E-state index contributed by atoms with van der Waals surface area (Å²) < 4.78 is 25.4. The predicted octanol–water partition coefficient (Wildman–Crippen LogP) is 0.825. The molecule has 0 bridgehead atoms. The highest BCUT2D eigenvalue weighted by Crippen LogP contribution is 2.08. The first kappa shape index (κ1) is 8.73. The minimum atomic E-state index is -1.03. The van der Waals surface area contributed by atoms with Crippen LogP contribution in [0.1, 0.15) is 5.56 Å². The predicted molar refractivity (Wildman–Crippen MR) is 41.1 cm³/mol. The summed E-state index contributed by atoms with van der Waals surface area (Å²) in [6.07, 6.45) is -0.213. The molecule has 4 heteroatoms. The summed E-state index contributed by atoms with van der Waals surface area (Å²) in [5, 5.41) is 8.26. The molecule has 0 saturated heterocycles. The van der Waals surface area contributed by atoms with Gasteiger partial charge in [-0.25, -0.2) is 8.78 Å². The zero-order valence-corrected chi connectivity index (χ0v) is 6.14. The van der Waals surface area contributed by atoms with Gasteiger partial charge in [-0.15, -0.1) is 0 Å². The Kier molecular flexibility index (Phi) is 2.44. The van der Waals surface area contributed by atoms with E-state index in [1.54, 1.807) is 6.07 Å². The molecule has 58 valence electrons. The van der Waals surface area contributed by atoms with Gasteiger partial charge in [-0.3, -0.25) is 0 Å². The molecule has 1 nitrogen and oxygen atoms in total. The Balaban J connectivity index is 3.25. The Labute approximate surface area is 70.0 Å². The quantitative estimate of drug-likeness (QED) is 0.562. The van der Waals surface area contributed by atoms with Crippen molar-refractivity contribution < 1.29 is 8.78 Å². The van der Waals surface area contributed by atoms with Crippen molar-refractivity contribution >= 4 is 13.3 Å². The van der Waals surface area contributed by atoms with Crippen LogP contribution in [0.5, 0.6) is 0 Å². The summed E-state index contributed by atoms with van der Waals surface area (Å²) >= 11 is 0. The highest BCUT2D eigenvalue weighted by Gasteiger charge is 2.09. The number of benzene rings is 1. The number of rotatable bonds is 1. The van der Waals surface area contributed by atoms with E-state index < -0.39 is 11.6 Å². The Morgan fingerprint density at radius 1 is 1.42 bits per heavy atom. The van der Waals surface area contributed by atoms with Gasteiger partial charge in [-0.1, -0.05) is 11.5 Å². The minimum Gasteiger partial charge on any atom is -0.204 e. The fourth-order valence-electron chi connectivity index (χ4n) is 0.866. The number of hydrogen-bond acceptors (Lipinski definition) is 1. The molecule has 0 amide bonds. The van der Waals surface area contributed by atoms with Crippen LogP contribution in [0.25, 0.3) is 0 Å². The maximum absolute atomic E-state index is 12.8. The molecular formula is C8H4BF2N. The Morgan fingerprint density at radius 3 is 2.67 bits per heavy atom. The first-order valence-corrected chi connectivity index (χ1v) is 3.26. The van der Waals surface area contributed by atoms with Crippen LogP contribution in [0.3, 0.4) is 0 Å². The van der Waals surface area contributed by atoms with Crippen LogP contribution in [-0.2, 0) is 6.42 Å². The van der Waals surface area contributed by atoms with Gasteiger partial charge >= 0.3 is 0 Å². The summed E-state index contributed by atoms with van der Waals surface area (Å²) in [5.41, 5.74) is 0.0351. The fraction of sp³-hybridized carbons (Fsp3) is 0.125. The van der Waals surface area contributed by atoms with Crippen molar-refractivity contribution in [1.82, 2.24) is 0 Å². The third-order valence-corrected chi connectivity index (χ3v) is 1.49. The van der Waals surface area contributed by atoms with Gasteiger partial charge in [0.25, 0.3) is 0 Å². The van der Waals surface area contributed by atoms with E-state index in [0.717, 1.165) is 6.07 Å². The molecule has 0 fully saturated rings. The molecular weight excluding hydrogens is 159 g/mol. The second-order valence-corrected chi connectivity index (χ2v) is 2.26. The van der Waals surface area contributed by atoms with E-state index in [4.69, 9.17) is 13.1 Å². The Morgan fingerprint density at radius 2 is 2.08 bits per heavy atom. The second-order valence-electron chi connectivity index (χ2n) is 2.26. The Bertz CT molecular complexity index is 344. The molecule has 2 radical (unpaired) electrons. The van der Waals surface area contributed by atoms with Crippen LogP contribution in [0, 0.1) is 23.0 Å². The lowest BCUT2D eigenvalue weighted by Gasteiger charge is -2.03. The molecule has 1 aromatic carbocycles. The Hall–Kier alpha value is -1.37. The van der Waals surface area contributed by atoms with E-state index in [0.29, 0.717) is 0 Å². The third-order valence-electron chi connectivity index (χ3n) is 1.49. The monoisotopic (exact) mass is 163 g/mol. The molecule has 0 aliphatic heterocycles. The maximum Gasteiger partial charge on any atom is 0.162 e. The van der Waals surface area contributed by atoms with Crippen LogP contribution in [0.4, 0.5) is 8.78 Å². The van der Waals surface area contributed by atoms with Crippen molar-refractivity contribution in [2.45, 2.75) is 6.42 Å². The van der Waals surface area contributed by atoms with Crippen LogP contribution < -0.4 is 5.46 Å². The van der Waals surface area contributed by atoms with E-state index in [9.17, 15) is 8.78 Å². The normalized spacial score (nSPS) is 9.42. The smallest absolute Gasteiger partial charge is 0.162 e. The fourth-order valence-corrected chi connectivity index (χ4v) is 0.866. The molecule has 1 aromatic rings. The topological polar surface area (TPSA) is 23.8 Å². The van der Waals surface area contributed by atoms with Gasteiger partial charge in [0, 0.05) is 0 Å². The lowest BCUT2D eigenvalue weighted by atomic mass is 9.89. The summed E-state index contributed by atoms with van der Waals surface area (Å²) in [6.45, 7) is 0. The standard InChI is InChI=1S/C8H4BF2N/c9-6-1-2-7(10)8(11)5(6)3-4-12/h1-2H,3H2. The van der Waals surface area contributed by atoms with Crippen molar-refractivity contribution in [3.8, 4) is 6.07 Å². The SMILES string of the molecule is [B]c1ccc(F)c(F)c1CC#N. The summed E-state index contributed by atoms with van der Waals surface area (Å²) in [7, 11) is 5.32. The van der Waals surface area contributed by atoms with Gasteiger partial charge in [0.2, 0.25) is 0 Å². The molecule has 0 atom stereocenters. The number of nitrogens with zero attached hydrogens (tertiary/aromatic N) is 1. The van der Waals surface area contributed by atoms with E-state index in [1.807, 2.05) is 0 Å². The molecule has 1 rings (SSSR count). The van der Waals surface area contributed by atoms with Gasteiger partial charge in [-0.2, -0.15) is 5.26 Å². The molecule has 0 heterocycles. The minimum absolute atomic E-state index is 0.0718. The van der Waals surface area contributed by atoms with Crippen LogP contribution in [0.2, 0.25) is 0 Å². The van der Waals surface area contributed by atoms with Crippen molar-refractivity contribution in [3.05, 3.63) is 29.3 Å². The first-order chi connectivity index (χ1) is 5.66. The van der Waals surface area contributed by atoms with Gasteiger partial charge in [0.15, 0.2) is 11.6 Å². The molecule has 12 heavy (non-hydrogen) atoms. The average Bonchev–Trinajstić information content (AvgIpc) is 2.06. The molecule has 0 saturated carbocycles. The van der Waals surface area contributed by atoms with Gasteiger partial charge in [0.05, 0.1) is 12.5 Å². The van der Waals surface area contributed by atoms with Gasteiger partial charge < -0.3 is 0 Å². The van der Waals surface area contributed by atoms with Gasteiger partial charge in [0.1, 0.15) is 7.85 Å². The first-order valence-electron chi connectivity index (χ1n) is 3.26. The average molecular weight is 163 g/mol. The summed E-state index contributed by atoms with van der Waals surface area (Å²) in [6, 6.07) is 3.88. The maximum atomic E-state index is 12.8. The molecule has 0 unspecified atom stereocenters. The van der Waals surface area contributed by atoms with Crippen LogP contribution in [0.15, 0.2) is 12.1 Å². The van der Waals surface area contributed by atoms with Crippen molar-refractivity contribution in [2.24, 2.45) is 0 Å². The number of halogens is 2. The summed E-state index contributed by atoms with van der Waals surface area (Å²) in [5.74, 6) is -2.01. The van der Waals surface area contributed by atoms with Crippen molar-refractivity contribution in [3.63, 3.8) is 0 Å². The van der Waals surface area contributed by atoms with E-state index in [-0.39, 0.29) is 17.4 Å². The van der Waals surface area contributed by atoms with E-state index in [1.165, 1.54) is 6.07 Å². The molecule has 0 aromatic heterocycles. The number of hydrogen-bond donors (Lipinski definition) is 0. The zero-order chi connectivity index (χ0) is 9.14. The largest absolute Gasteiger partial charge is 0.204 e. The lowest BCUT2D eigenvalue weighted by Crippen LogP contribution is -2.13. The third kappa shape index (κ3) is 1.45. The van der Waals surface area contributed by atoms with Crippen molar-refractivity contribution in [1.29, 1.82) is 5.26 Å². The van der Waals surface area contributed by atoms with Crippen molar-refractivity contribution in [2.75, 3.05) is 0 Å². The zero-order valence-electron chi connectivity index (χ0n) is 6.14. The molecule has 0 N–H and O–H groups in total. The highest BCUT2D eigenvalue weighted by atomic mass is 19.2. The highest BCUT2D eigenvalue weighted by molar-refractivity contribution is 6.33. The van der Waals surface area contributed by atoms with E-state index in [2.05, 4.69) is 0 Å². The molecule has 0 aliphatic carbocycles. The van der Waals surface area contributed by atoms with Crippen LogP contribution in [-0.4, -0.2) is 7.85 Å².